The van der Waals surface area contributed by atoms with Crippen LogP contribution >= 0.6 is 11.3 Å². The molecule has 8 heteroatoms. The smallest absolute Gasteiger partial charge is 0.296 e. The van der Waals surface area contributed by atoms with E-state index in [-0.39, 0.29) is 23.0 Å². The molecule has 4 rings (SSSR count). The number of rotatable bonds is 4. The molecule has 5 nitrogen and oxygen atoms in total. The topological polar surface area (TPSA) is 59.2 Å². The second-order valence-electron chi connectivity index (χ2n) is 5.42. The van der Waals surface area contributed by atoms with Crippen molar-refractivity contribution in [1.82, 2.24) is 9.97 Å². The van der Waals surface area contributed by atoms with Crippen LogP contribution in [0.1, 0.15) is 16.2 Å². The second-order valence-corrected chi connectivity index (χ2v) is 6.43. The van der Waals surface area contributed by atoms with Gasteiger partial charge < -0.3 is 4.42 Å². The Hall–Kier alpha value is -3.13. The summed E-state index contributed by atoms with van der Waals surface area (Å²) in [6.45, 7) is 0.115. The van der Waals surface area contributed by atoms with E-state index in [9.17, 15) is 13.6 Å². The highest BCUT2D eigenvalue weighted by Crippen LogP contribution is 2.32. The van der Waals surface area contributed by atoms with Crippen molar-refractivity contribution in [3.63, 3.8) is 0 Å². The fraction of sp³-hybridized carbons (Fsp3) is 0.0556. The normalized spacial score (nSPS) is 11.0. The highest BCUT2D eigenvalue weighted by atomic mass is 32.1. The lowest BCUT2D eigenvalue weighted by Gasteiger charge is -2.18. The lowest BCUT2D eigenvalue weighted by Crippen LogP contribution is -2.30. The van der Waals surface area contributed by atoms with Crippen LogP contribution in [0.15, 0.2) is 59.3 Å². The van der Waals surface area contributed by atoms with Gasteiger partial charge in [0.1, 0.15) is 11.3 Å². The van der Waals surface area contributed by atoms with E-state index in [1.165, 1.54) is 23.3 Å². The number of carbonyl (C=O) groups is 1. The van der Waals surface area contributed by atoms with Gasteiger partial charge in [0.05, 0.1) is 23.2 Å². The quantitative estimate of drug-likeness (QED) is 0.533. The minimum absolute atomic E-state index is 0.0182. The molecule has 0 fully saturated rings. The summed E-state index contributed by atoms with van der Waals surface area (Å²) in [6, 6.07) is 10.4. The summed E-state index contributed by atoms with van der Waals surface area (Å²) >= 11 is 1.02. The van der Waals surface area contributed by atoms with E-state index < -0.39 is 17.5 Å². The zero-order chi connectivity index (χ0) is 18.1. The highest BCUT2D eigenvalue weighted by Gasteiger charge is 2.25. The summed E-state index contributed by atoms with van der Waals surface area (Å²) in [4.78, 5) is 22.6. The number of anilines is 1. The monoisotopic (exact) mass is 371 g/mol. The van der Waals surface area contributed by atoms with E-state index in [0.717, 1.165) is 17.4 Å². The van der Waals surface area contributed by atoms with Crippen LogP contribution in [0.3, 0.4) is 0 Å². The number of carbonyl (C=O) groups excluding carboxylic acids is 1. The molecular weight excluding hydrogens is 360 g/mol. The highest BCUT2D eigenvalue weighted by molar-refractivity contribution is 7.22. The minimum Gasteiger partial charge on any atom is -0.459 e. The van der Waals surface area contributed by atoms with Crippen molar-refractivity contribution < 1.29 is 18.0 Å². The van der Waals surface area contributed by atoms with E-state index in [4.69, 9.17) is 4.42 Å². The third-order valence-corrected chi connectivity index (χ3v) is 4.68. The number of nitrogens with zero attached hydrogens (tertiary/aromatic N) is 3. The zero-order valence-corrected chi connectivity index (χ0v) is 14.0. The van der Waals surface area contributed by atoms with Gasteiger partial charge in [-0.15, -0.1) is 0 Å². The number of thiazole rings is 1. The van der Waals surface area contributed by atoms with Gasteiger partial charge in [-0.2, -0.15) is 0 Å². The summed E-state index contributed by atoms with van der Waals surface area (Å²) in [5.74, 6) is -1.79. The molecule has 0 N–H and O–H groups in total. The lowest BCUT2D eigenvalue weighted by atomic mass is 10.3. The van der Waals surface area contributed by atoms with Crippen molar-refractivity contribution >= 4 is 32.6 Å². The number of fused-ring (bicyclic) bond motifs is 1. The van der Waals surface area contributed by atoms with Gasteiger partial charge in [-0.1, -0.05) is 17.4 Å². The Kier molecular flexibility index (Phi) is 4.18. The summed E-state index contributed by atoms with van der Waals surface area (Å²) < 4.78 is 33.0. The van der Waals surface area contributed by atoms with Crippen LogP contribution in [0.25, 0.3) is 10.2 Å². The summed E-state index contributed by atoms with van der Waals surface area (Å²) in [7, 11) is 0. The molecule has 0 unspecified atom stereocenters. The van der Waals surface area contributed by atoms with Crippen LogP contribution in [0, 0.1) is 11.6 Å². The molecule has 0 aliphatic rings. The third kappa shape index (κ3) is 3.06. The summed E-state index contributed by atoms with van der Waals surface area (Å²) in [5, 5.41) is 0.233. The standard InChI is InChI=1S/C18H11F2N3O2S/c19-11-8-13(20)16-15(9-11)26-18(22-16)23(10-12-4-1-2-6-21-12)17(24)14-5-3-7-25-14/h1-9H,10H2. The molecule has 26 heavy (non-hydrogen) atoms. The first-order valence-corrected chi connectivity index (χ1v) is 8.44. The molecule has 1 amide bonds. The number of halogens is 2. The summed E-state index contributed by atoms with van der Waals surface area (Å²) in [6.07, 6.45) is 3.00. The number of aromatic nitrogens is 2. The van der Waals surface area contributed by atoms with Crippen molar-refractivity contribution in [3.8, 4) is 0 Å². The van der Waals surface area contributed by atoms with Crippen LogP contribution in [-0.4, -0.2) is 15.9 Å². The molecule has 130 valence electrons. The molecule has 0 atom stereocenters. The fourth-order valence-electron chi connectivity index (χ4n) is 2.47. The van der Waals surface area contributed by atoms with Crippen molar-refractivity contribution in [2.75, 3.05) is 4.90 Å². The van der Waals surface area contributed by atoms with E-state index in [1.54, 1.807) is 30.5 Å². The number of furan rings is 1. The molecule has 0 aliphatic heterocycles. The second kappa shape index (κ2) is 6.64. The van der Waals surface area contributed by atoms with E-state index >= 15 is 0 Å². The Morgan fingerprint density at radius 3 is 2.81 bits per heavy atom. The van der Waals surface area contributed by atoms with Gasteiger partial charge in [-0.25, -0.2) is 13.8 Å². The number of amides is 1. The predicted molar refractivity (Wildman–Crippen MR) is 93.0 cm³/mol. The van der Waals surface area contributed by atoms with E-state index in [2.05, 4.69) is 9.97 Å². The van der Waals surface area contributed by atoms with Crippen molar-refractivity contribution in [3.05, 3.63) is 78.0 Å². The molecule has 0 aliphatic carbocycles. The Morgan fingerprint density at radius 2 is 2.08 bits per heavy atom. The van der Waals surface area contributed by atoms with Gasteiger partial charge in [0.25, 0.3) is 5.91 Å². The molecule has 0 spiro atoms. The molecule has 3 heterocycles. The zero-order valence-electron chi connectivity index (χ0n) is 13.2. The van der Waals surface area contributed by atoms with Crippen LogP contribution in [0.4, 0.5) is 13.9 Å². The lowest BCUT2D eigenvalue weighted by molar-refractivity contribution is 0.0958. The molecule has 0 saturated carbocycles. The van der Waals surface area contributed by atoms with E-state index in [0.29, 0.717) is 10.4 Å². The molecule has 0 bridgehead atoms. The Morgan fingerprint density at radius 1 is 1.19 bits per heavy atom. The van der Waals surface area contributed by atoms with Gasteiger partial charge >= 0.3 is 0 Å². The first-order valence-electron chi connectivity index (χ1n) is 7.62. The maximum Gasteiger partial charge on any atom is 0.296 e. The Balaban J connectivity index is 1.79. The largest absolute Gasteiger partial charge is 0.459 e. The average Bonchev–Trinajstić information content (AvgIpc) is 3.29. The van der Waals surface area contributed by atoms with Gasteiger partial charge in [0.2, 0.25) is 0 Å². The average molecular weight is 371 g/mol. The third-order valence-electron chi connectivity index (χ3n) is 3.66. The van der Waals surface area contributed by atoms with Crippen molar-refractivity contribution in [2.45, 2.75) is 6.54 Å². The molecule has 1 aromatic carbocycles. The first-order chi connectivity index (χ1) is 12.6. The van der Waals surface area contributed by atoms with Crippen molar-refractivity contribution in [1.29, 1.82) is 0 Å². The number of pyridine rings is 1. The molecule has 3 aromatic heterocycles. The van der Waals surface area contributed by atoms with Crippen LogP contribution in [0.2, 0.25) is 0 Å². The maximum absolute atomic E-state index is 14.0. The Labute approximate surface area is 150 Å². The van der Waals surface area contributed by atoms with Crippen molar-refractivity contribution in [2.24, 2.45) is 0 Å². The van der Waals surface area contributed by atoms with Crippen LogP contribution in [0.5, 0.6) is 0 Å². The van der Waals surface area contributed by atoms with E-state index in [1.807, 2.05) is 0 Å². The first kappa shape index (κ1) is 16.3. The van der Waals surface area contributed by atoms with Crippen LogP contribution in [-0.2, 0) is 6.54 Å². The molecule has 0 radical (unpaired) electrons. The molecule has 4 aromatic rings. The predicted octanol–water partition coefficient (Wildman–Crippen LogP) is 4.41. The van der Waals surface area contributed by atoms with Gasteiger partial charge in [-0.3, -0.25) is 14.7 Å². The number of hydrogen-bond donors (Lipinski definition) is 0. The minimum atomic E-state index is -0.772. The fourth-order valence-corrected chi connectivity index (χ4v) is 3.48. The molecule has 0 saturated heterocycles. The SMILES string of the molecule is O=C(c1ccco1)N(Cc1ccccn1)c1nc2c(F)cc(F)cc2s1. The van der Waals surface area contributed by atoms with Crippen LogP contribution < -0.4 is 4.90 Å². The number of benzene rings is 1. The maximum atomic E-state index is 14.0. The molecular formula is C18H11F2N3O2S. The van der Waals surface area contributed by atoms with Gasteiger partial charge in [0.15, 0.2) is 16.7 Å². The van der Waals surface area contributed by atoms with Gasteiger partial charge in [0, 0.05) is 12.3 Å². The van der Waals surface area contributed by atoms with Gasteiger partial charge in [-0.05, 0) is 30.3 Å². The number of hydrogen-bond acceptors (Lipinski definition) is 5. The Bertz CT molecular complexity index is 1060. The summed E-state index contributed by atoms with van der Waals surface area (Å²) in [5.41, 5.74) is 0.642.